The number of benzene rings is 3. The van der Waals surface area contributed by atoms with E-state index in [-0.39, 0.29) is 0 Å². The van der Waals surface area contributed by atoms with E-state index >= 15 is 0 Å². The Kier molecular flexibility index (Phi) is 3.43. The van der Waals surface area contributed by atoms with Crippen molar-refractivity contribution in [3.8, 4) is 16.9 Å². The number of nitrogens with zero attached hydrogens (tertiary/aromatic N) is 1. The third-order valence-corrected chi connectivity index (χ3v) is 4.73. The van der Waals surface area contributed by atoms with Crippen molar-refractivity contribution in [3.05, 3.63) is 83.3 Å². The smallest absolute Gasteiger partial charge is 0.0691 e. The molecular weight excluding hydrogens is 348 g/mol. The zero-order valence-corrected chi connectivity index (χ0v) is 14.0. The van der Waals surface area contributed by atoms with Crippen LogP contribution >= 0.6 is 15.9 Å². The van der Waals surface area contributed by atoms with Gasteiger partial charge in [0.2, 0.25) is 0 Å². The van der Waals surface area contributed by atoms with E-state index in [2.05, 4.69) is 75.1 Å². The van der Waals surface area contributed by atoms with E-state index in [4.69, 9.17) is 5.73 Å². The van der Waals surface area contributed by atoms with Gasteiger partial charge in [-0.3, -0.25) is 0 Å². The van der Waals surface area contributed by atoms with Crippen molar-refractivity contribution < 1.29 is 0 Å². The normalized spacial score (nSPS) is 11.0. The molecule has 2 nitrogen and oxygen atoms in total. The average Bonchev–Trinajstić information content (AvgIpc) is 2.95. The molecule has 0 aliphatic carbocycles. The van der Waals surface area contributed by atoms with Crippen molar-refractivity contribution in [1.82, 2.24) is 4.57 Å². The molecule has 0 atom stereocenters. The number of nitrogens with two attached hydrogens (primary N) is 1. The molecule has 2 N–H and O–H groups in total. The number of hydrogen-bond acceptors (Lipinski definition) is 1. The van der Waals surface area contributed by atoms with Crippen LogP contribution in [0.25, 0.3) is 27.8 Å². The molecule has 4 rings (SSSR count). The Morgan fingerprint density at radius 2 is 1.48 bits per heavy atom. The second-order valence-corrected chi connectivity index (χ2v) is 6.32. The zero-order valence-electron chi connectivity index (χ0n) is 12.4. The summed E-state index contributed by atoms with van der Waals surface area (Å²) in [4.78, 5) is 0. The number of nitrogen functional groups attached to an aromatic ring is 1. The van der Waals surface area contributed by atoms with Crippen LogP contribution < -0.4 is 5.73 Å². The van der Waals surface area contributed by atoms with Gasteiger partial charge in [0.05, 0.1) is 22.6 Å². The van der Waals surface area contributed by atoms with Crippen LogP contribution in [0, 0.1) is 0 Å². The highest BCUT2D eigenvalue weighted by Gasteiger charge is 2.15. The van der Waals surface area contributed by atoms with Crippen molar-refractivity contribution in [2.24, 2.45) is 0 Å². The van der Waals surface area contributed by atoms with Gasteiger partial charge in [-0.05, 0) is 30.3 Å². The number of fused-ring (bicyclic) bond motifs is 1. The molecule has 0 amide bonds. The first-order valence-corrected chi connectivity index (χ1v) is 8.25. The summed E-state index contributed by atoms with van der Waals surface area (Å²) in [6.07, 6.45) is 0. The van der Waals surface area contributed by atoms with Gasteiger partial charge < -0.3 is 10.3 Å². The predicted octanol–water partition coefficient (Wildman–Crippen LogP) is 5.64. The van der Waals surface area contributed by atoms with Crippen molar-refractivity contribution >= 4 is 32.5 Å². The Morgan fingerprint density at radius 3 is 2.30 bits per heavy atom. The number of aromatic nitrogens is 1. The van der Waals surface area contributed by atoms with E-state index in [0.717, 1.165) is 32.6 Å². The molecule has 3 aromatic carbocycles. The Bertz CT molecular complexity index is 1000. The summed E-state index contributed by atoms with van der Waals surface area (Å²) < 4.78 is 3.30. The first kappa shape index (κ1) is 14.1. The Balaban J connectivity index is 2.12. The lowest BCUT2D eigenvalue weighted by atomic mass is 10.1. The van der Waals surface area contributed by atoms with Crippen LogP contribution in [0.15, 0.2) is 83.3 Å². The Hall–Kier alpha value is -2.52. The maximum atomic E-state index is 6.26. The molecule has 0 fully saturated rings. The van der Waals surface area contributed by atoms with Crippen LogP contribution in [0.2, 0.25) is 0 Å². The summed E-state index contributed by atoms with van der Waals surface area (Å²) >= 11 is 3.67. The van der Waals surface area contributed by atoms with Crippen LogP contribution in [-0.2, 0) is 0 Å². The van der Waals surface area contributed by atoms with Gasteiger partial charge >= 0.3 is 0 Å². The van der Waals surface area contributed by atoms with Crippen LogP contribution in [0.3, 0.4) is 0 Å². The molecule has 0 saturated heterocycles. The third-order valence-electron chi connectivity index (χ3n) is 4.04. The standard InChI is InChI=1S/C20H15BrN2/c21-16-9-3-2-8-15(16)20-13-14-7-1-5-11-18(14)23(20)19-12-6-4-10-17(19)22/h1-13H,22H2. The van der Waals surface area contributed by atoms with Crippen molar-refractivity contribution in [3.63, 3.8) is 0 Å². The van der Waals surface area contributed by atoms with E-state index in [9.17, 15) is 0 Å². The van der Waals surface area contributed by atoms with E-state index < -0.39 is 0 Å². The minimum atomic E-state index is 0.766. The average molecular weight is 363 g/mol. The topological polar surface area (TPSA) is 30.9 Å². The van der Waals surface area contributed by atoms with Crippen molar-refractivity contribution in [2.45, 2.75) is 0 Å². The number of hydrogen-bond donors (Lipinski definition) is 1. The van der Waals surface area contributed by atoms with Crippen LogP contribution in [0.1, 0.15) is 0 Å². The molecule has 0 radical (unpaired) electrons. The lowest BCUT2D eigenvalue weighted by molar-refractivity contribution is 1.14. The van der Waals surface area contributed by atoms with Gasteiger partial charge in [-0.2, -0.15) is 0 Å². The highest BCUT2D eigenvalue weighted by molar-refractivity contribution is 9.10. The Labute approximate surface area is 143 Å². The summed E-state index contributed by atoms with van der Waals surface area (Å²) in [6.45, 7) is 0. The molecule has 0 bridgehead atoms. The molecule has 3 heteroatoms. The minimum Gasteiger partial charge on any atom is -0.397 e. The molecule has 23 heavy (non-hydrogen) atoms. The summed E-state index contributed by atoms with van der Waals surface area (Å²) in [7, 11) is 0. The van der Waals surface area contributed by atoms with E-state index in [1.54, 1.807) is 0 Å². The number of rotatable bonds is 2. The molecule has 1 aromatic heterocycles. The minimum absolute atomic E-state index is 0.766. The molecule has 0 saturated carbocycles. The zero-order chi connectivity index (χ0) is 15.8. The fourth-order valence-electron chi connectivity index (χ4n) is 2.97. The molecule has 0 aliphatic heterocycles. The van der Waals surface area contributed by atoms with E-state index in [1.807, 2.05) is 24.3 Å². The number of anilines is 1. The van der Waals surface area contributed by atoms with Crippen LogP contribution in [0.4, 0.5) is 5.69 Å². The lowest BCUT2D eigenvalue weighted by Gasteiger charge is -2.14. The summed E-state index contributed by atoms with van der Waals surface area (Å²) in [5, 5.41) is 1.20. The molecule has 0 unspecified atom stereocenters. The van der Waals surface area contributed by atoms with Crippen molar-refractivity contribution in [1.29, 1.82) is 0 Å². The molecule has 0 spiro atoms. The second-order valence-electron chi connectivity index (χ2n) is 5.46. The van der Waals surface area contributed by atoms with Gasteiger partial charge in [-0.25, -0.2) is 0 Å². The number of para-hydroxylation sites is 3. The van der Waals surface area contributed by atoms with Gasteiger partial charge in [0, 0.05) is 15.4 Å². The highest BCUT2D eigenvalue weighted by Crippen LogP contribution is 2.36. The quantitative estimate of drug-likeness (QED) is 0.459. The third kappa shape index (κ3) is 2.34. The van der Waals surface area contributed by atoms with Gasteiger partial charge in [-0.15, -0.1) is 0 Å². The van der Waals surface area contributed by atoms with Gasteiger partial charge in [0.25, 0.3) is 0 Å². The molecule has 1 heterocycles. The largest absolute Gasteiger partial charge is 0.397 e. The molecule has 4 aromatic rings. The fraction of sp³-hybridized carbons (Fsp3) is 0. The molecule has 112 valence electrons. The predicted molar refractivity (Wildman–Crippen MR) is 101 cm³/mol. The first-order valence-electron chi connectivity index (χ1n) is 7.46. The van der Waals surface area contributed by atoms with Crippen molar-refractivity contribution in [2.75, 3.05) is 5.73 Å². The van der Waals surface area contributed by atoms with Crippen LogP contribution in [-0.4, -0.2) is 4.57 Å². The maximum absolute atomic E-state index is 6.26. The SMILES string of the molecule is Nc1ccccc1-n1c(-c2ccccc2Br)cc2ccccc21. The second kappa shape index (κ2) is 5.60. The fourth-order valence-corrected chi connectivity index (χ4v) is 3.46. The lowest BCUT2D eigenvalue weighted by Crippen LogP contribution is -2.01. The van der Waals surface area contributed by atoms with Crippen LogP contribution in [0.5, 0.6) is 0 Å². The first-order chi connectivity index (χ1) is 11.3. The highest BCUT2D eigenvalue weighted by atomic mass is 79.9. The number of halogens is 1. The molecule has 0 aliphatic rings. The summed E-state index contributed by atoms with van der Waals surface area (Å²) in [5.41, 5.74) is 11.4. The van der Waals surface area contributed by atoms with E-state index in [0.29, 0.717) is 0 Å². The Morgan fingerprint density at radius 1 is 0.783 bits per heavy atom. The molecular formula is C20H15BrN2. The summed E-state index contributed by atoms with van der Waals surface area (Å²) in [6, 6.07) is 26.8. The van der Waals surface area contributed by atoms with Gasteiger partial charge in [0.1, 0.15) is 0 Å². The monoisotopic (exact) mass is 362 g/mol. The summed E-state index contributed by atoms with van der Waals surface area (Å²) in [5.74, 6) is 0. The maximum Gasteiger partial charge on any atom is 0.0691 e. The van der Waals surface area contributed by atoms with E-state index in [1.165, 1.54) is 5.39 Å². The van der Waals surface area contributed by atoms with Gasteiger partial charge in [0.15, 0.2) is 0 Å². The van der Waals surface area contributed by atoms with Gasteiger partial charge in [-0.1, -0.05) is 64.5 Å².